The summed E-state index contributed by atoms with van der Waals surface area (Å²) in [7, 11) is 0. The maximum Gasteiger partial charge on any atom is 0.416 e. The van der Waals surface area contributed by atoms with Gasteiger partial charge in [0.2, 0.25) is 0 Å². The van der Waals surface area contributed by atoms with Gasteiger partial charge in [-0.25, -0.2) is 0 Å². The molecule has 1 aromatic carbocycles. The van der Waals surface area contributed by atoms with Gasteiger partial charge in [-0.05, 0) is 12.1 Å². The van der Waals surface area contributed by atoms with Crippen LogP contribution in [0, 0.1) is 0 Å². The van der Waals surface area contributed by atoms with Crippen molar-refractivity contribution in [2.45, 2.75) is 6.18 Å². The van der Waals surface area contributed by atoms with Crippen LogP contribution < -0.4 is 0 Å². The van der Waals surface area contributed by atoms with Crippen molar-refractivity contribution < 1.29 is 17.7 Å². The van der Waals surface area contributed by atoms with Crippen molar-refractivity contribution in [3.63, 3.8) is 0 Å². The van der Waals surface area contributed by atoms with Crippen LogP contribution in [-0.4, -0.2) is 5.16 Å². The fourth-order valence-corrected chi connectivity index (χ4v) is 1.53. The SMILES string of the molecule is FC(F)(F)c1ccc(-c2ccon2)c(Cl)c1. The first-order valence-corrected chi connectivity index (χ1v) is 4.64. The molecule has 84 valence electrons. The van der Waals surface area contributed by atoms with Gasteiger partial charge in [0, 0.05) is 11.6 Å². The Morgan fingerprint density at radius 2 is 1.94 bits per heavy atom. The van der Waals surface area contributed by atoms with Crippen molar-refractivity contribution in [3.05, 3.63) is 41.1 Å². The highest BCUT2D eigenvalue weighted by molar-refractivity contribution is 6.33. The van der Waals surface area contributed by atoms with Crippen molar-refractivity contribution in [2.75, 3.05) is 0 Å². The van der Waals surface area contributed by atoms with Gasteiger partial charge >= 0.3 is 6.18 Å². The average Bonchev–Trinajstić information content (AvgIpc) is 2.69. The number of halogens is 4. The summed E-state index contributed by atoms with van der Waals surface area (Å²) in [6.07, 6.45) is -3.07. The molecule has 0 N–H and O–H groups in total. The van der Waals surface area contributed by atoms with E-state index in [9.17, 15) is 13.2 Å². The summed E-state index contributed by atoms with van der Waals surface area (Å²) in [6, 6.07) is 4.61. The van der Waals surface area contributed by atoms with Gasteiger partial charge in [-0.3, -0.25) is 0 Å². The van der Waals surface area contributed by atoms with Gasteiger partial charge in [0.25, 0.3) is 0 Å². The summed E-state index contributed by atoms with van der Waals surface area (Å²) >= 11 is 5.75. The molecule has 16 heavy (non-hydrogen) atoms. The molecule has 2 nitrogen and oxygen atoms in total. The Morgan fingerprint density at radius 1 is 1.19 bits per heavy atom. The van der Waals surface area contributed by atoms with E-state index in [2.05, 4.69) is 9.68 Å². The molecule has 6 heteroatoms. The van der Waals surface area contributed by atoms with Crippen LogP contribution in [0.5, 0.6) is 0 Å². The molecule has 0 saturated heterocycles. The third-order valence-corrected chi connectivity index (χ3v) is 2.32. The highest BCUT2D eigenvalue weighted by Gasteiger charge is 2.31. The molecule has 0 aliphatic carbocycles. The Hall–Kier alpha value is -1.49. The van der Waals surface area contributed by atoms with Gasteiger partial charge in [-0.2, -0.15) is 13.2 Å². The highest BCUT2D eigenvalue weighted by atomic mass is 35.5. The van der Waals surface area contributed by atoms with Crippen LogP contribution in [0.1, 0.15) is 5.56 Å². The zero-order chi connectivity index (χ0) is 11.8. The maximum atomic E-state index is 12.3. The third-order valence-electron chi connectivity index (χ3n) is 2.01. The monoisotopic (exact) mass is 247 g/mol. The predicted molar refractivity (Wildman–Crippen MR) is 52.0 cm³/mol. The minimum absolute atomic E-state index is 0.0104. The van der Waals surface area contributed by atoms with Gasteiger partial charge in [-0.15, -0.1) is 0 Å². The van der Waals surface area contributed by atoms with Crippen LogP contribution in [0.4, 0.5) is 13.2 Å². The lowest BCUT2D eigenvalue weighted by molar-refractivity contribution is -0.137. The molecule has 0 spiro atoms. The van der Waals surface area contributed by atoms with Crippen LogP contribution in [-0.2, 0) is 6.18 Å². The van der Waals surface area contributed by atoms with E-state index >= 15 is 0 Å². The first kappa shape index (κ1) is 11.0. The molecule has 0 aliphatic rings. The number of rotatable bonds is 1. The van der Waals surface area contributed by atoms with E-state index in [4.69, 9.17) is 11.6 Å². The molecule has 0 bridgehead atoms. The summed E-state index contributed by atoms with van der Waals surface area (Å²) in [5.41, 5.74) is 0.0203. The zero-order valence-electron chi connectivity index (χ0n) is 7.75. The summed E-state index contributed by atoms with van der Waals surface area (Å²) in [4.78, 5) is 0. The van der Waals surface area contributed by atoms with Crippen LogP contribution in [0.25, 0.3) is 11.3 Å². The Morgan fingerprint density at radius 3 is 2.44 bits per heavy atom. The zero-order valence-corrected chi connectivity index (χ0v) is 8.51. The normalized spacial score (nSPS) is 11.8. The van der Waals surface area contributed by atoms with Crippen LogP contribution in [0.2, 0.25) is 5.02 Å². The Kier molecular flexibility index (Phi) is 2.63. The summed E-state index contributed by atoms with van der Waals surface area (Å²) in [5.74, 6) is 0. The van der Waals surface area contributed by atoms with Gasteiger partial charge in [0.05, 0.1) is 10.6 Å². The molecule has 0 atom stereocenters. The molecule has 0 unspecified atom stereocenters. The lowest BCUT2D eigenvalue weighted by Crippen LogP contribution is -2.04. The molecule has 0 saturated carbocycles. The van der Waals surface area contributed by atoms with Gasteiger partial charge in [0.15, 0.2) is 0 Å². The minimum Gasteiger partial charge on any atom is -0.364 e. The first-order chi connectivity index (χ1) is 7.48. The van der Waals surface area contributed by atoms with Gasteiger partial charge in [0.1, 0.15) is 12.0 Å². The van der Waals surface area contributed by atoms with Gasteiger partial charge in [-0.1, -0.05) is 22.8 Å². The number of hydrogen-bond acceptors (Lipinski definition) is 2. The Bertz CT molecular complexity index is 493. The third kappa shape index (κ3) is 2.04. The maximum absolute atomic E-state index is 12.3. The molecule has 0 fully saturated rings. The first-order valence-electron chi connectivity index (χ1n) is 4.26. The molecule has 0 aliphatic heterocycles. The summed E-state index contributed by atoms with van der Waals surface area (Å²) in [6.45, 7) is 0. The quantitative estimate of drug-likeness (QED) is 0.761. The lowest BCUT2D eigenvalue weighted by atomic mass is 10.1. The molecule has 0 amide bonds. The molecule has 1 aromatic heterocycles. The van der Waals surface area contributed by atoms with Crippen molar-refractivity contribution in [1.82, 2.24) is 5.16 Å². The second-order valence-electron chi connectivity index (χ2n) is 3.08. The molecular weight excluding hydrogens is 243 g/mol. The lowest BCUT2D eigenvalue weighted by Gasteiger charge is -2.08. The fraction of sp³-hybridized carbons (Fsp3) is 0.100. The van der Waals surface area contributed by atoms with E-state index in [0.717, 1.165) is 12.1 Å². The molecule has 2 rings (SSSR count). The van der Waals surface area contributed by atoms with Crippen molar-refractivity contribution in [1.29, 1.82) is 0 Å². The van der Waals surface area contributed by atoms with Crippen molar-refractivity contribution >= 4 is 11.6 Å². The van der Waals surface area contributed by atoms with E-state index in [-0.39, 0.29) is 5.02 Å². The number of alkyl halides is 3. The topological polar surface area (TPSA) is 26.0 Å². The summed E-state index contributed by atoms with van der Waals surface area (Å²) < 4.78 is 41.6. The standard InChI is InChI=1S/C10H5ClF3NO/c11-8-5-6(10(12,13)14)1-2-7(8)9-3-4-16-15-9/h1-5H. The van der Waals surface area contributed by atoms with Crippen LogP contribution in [0.15, 0.2) is 35.1 Å². The number of nitrogens with zero attached hydrogens (tertiary/aromatic N) is 1. The smallest absolute Gasteiger partial charge is 0.364 e. The molecule has 1 heterocycles. The average molecular weight is 248 g/mol. The van der Waals surface area contributed by atoms with E-state index in [1.165, 1.54) is 18.4 Å². The van der Waals surface area contributed by atoms with Crippen molar-refractivity contribution in [2.24, 2.45) is 0 Å². The number of benzene rings is 1. The largest absolute Gasteiger partial charge is 0.416 e. The molecular formula is C10H5ClF3NO. The molecule has 0 radical (unpaired) electrons. The minimum atomic E-state index is -4.40. The second kappa shape index (κ2) is 3.83. The van der Waals surface area contributed by atoms with E-state index in [1.54, 1.807) is 0 Å². The molecule has 2 aromatic rings. The summed E-state index contributed by atoms with van der Waals surface area (Å²) in [5, 5.41) is 3.59. The van der Waals surface area contributed by atoms with E-state index in [0.29, 0.717) is 11.3 Å². The van der Waals surface area contributed by atoms with E-state index in [1.807, 2.05) is 0 Å². The fourth-order valence-electron chi connectivity index (χ4n) is 1.25. The predicted octanol–water partition coefficient (Wildman–Crippen LogP) is 4.01. The van der Waals surface area contributed by atoms with Crippen LogP contribution >= 0.6 is 11.6 Å². The Labute approximate surface area is 93.6 Å². The Balaban J connectivity index is 2.46. The highest BCUT2D eigenvalue weighted by Crippen LogP contribution is 2.34. The number of aromatic nitrogens is 1. The van der Waals surface area contributed by atoms with E-state index < -0.39 is 11.7 Å². The second-order valence-corrected chi connectivity index (χ2v) is 3.48. The number of hydrogen-bond donors (Lipinski definition) is 0. The van der Waals surface area contributed by atoms with Crippen molar-refractivity contribution in [3.8, 4) is 11.3 Å². The van der Waals surface area contributed by atoms with Crippen LogP contribution in [0.3, 0.4) is 0 Å². The van der Waals surface area contributed by atoms with Gasteiger partial charge < -0.3 is 4.52 Å².